The molecule has 0 atom stereocenters. The van der Waals surface area contributed by atoms with E-state index in [1.54, 1.807) is 0 Å². The maximum Gasteiger partial charge on any atom is 0.101 e. The molecule has 0 spiro atoms. The van der Waals surface area contributed by atoms with Gasteiger partial charge >= 0.3 is 0 Å². The van der Waals surface area contributed by atoms with Crippen LogP contribution in [0.1, 0.15) is 19.4 Å². The summed E-state index contributed by atoms with van der Waals surface area (Å²) in [6.07, 6.45) is 0. The largest absolute Gasteiger partial charge is 0.296 e. The molecule has 14 heavy (non-hydrogen) atoms. The Morgan fingerprint density at radius 2 is 2.07 bits per heavy atom. The zero-order valence-corrected chi connectivity index (χ0v) is 9.10. The van der Waals surface area contributed by atoms with E-state index in [9.17, 15) is 0 Å². The van der Waals surface area contributed by atoms with Gasteiger partial charge in [0, 0.05) is 11.6 Å². The fraction of sp³-hybridized carbons (Fsp3) is 0.364. The number of nitrogens with one attached hydrogen (secondary N) is 1. The minimum absolute atomic E-state index is 0.515. The van der Waals surface area contributed by atoms with Gasteiger partial charge in [-0.3, -0.25) is 5.32 Å². The molecule has 0 saturated carbocycles. The Labute approximate surface area is 89.5 Å². The van der Waals surface area contributed by atoms with Crippen LogP contribution >= 0.6 is 11.6 Å². The topological polar surface area (TPSA) is 35.8 Å². The van der Waals surface area contributed by atoms with E-state index in [1.165, 1.54) is 0 Å². The molecular weight excluding hydrogens is 196 g/mol. The molecule has 0 heterocycles. The van der Waals surface area contributed by atoms with Crippen molar-refractivity contribution in [2.75, 3.05) is 0 Å². The molecule has 0 aromatic heterocycles. The molecule has 1 aromatic rings. The van der Waals surface area contributed by atoms with Gasteiger partial charge in [-0.2, -0.15) is 5.26 Å². The number of benzene rings is 1. The lowest BCUT2D eigenvalue weighted by Crippen LogP contribution is -2.36. The minimum Gasteiger partial charge on any atom is -0.296 e. The van der Waals surface area contributed by atoms with Crippen LogP contribution in [-0.2, 0) is 6.54 Å². The Kier molecular flexibility index (Phi) is 3.51. The molecule has 0 saturated heterocycles. The van der Waals surface area contributed by atoms with Gasteiger partial charge in [0.1, 0.15) is 5.54 Å². The standard InChI is InChI=1S/C11H13ClN2/c1-11(2,8-13)14-7-9-5-3-4-6-10(9)12/h3-6,14H,7H2,1-2H3. The number of rotatable bonds is 3. The monoisotopic (exact) mass is 208 g/mol. The van der Waals surface area contributed by atoms with Gasteiger partial charge in [-0.15, -0.1) is 0 Å². The number of halogens is 1. The van der Waals surface area contributed by atoms with Crippen LogP contribution in [0.5, 0.6) is 0 Å². The lowest BCUT2D eigenvalue weighted by atomic mass is 10.1. The molecule has 74 valence electrons. The van der Waals surface area contributed by atoms with Gasteiger partial charge in [-0.05, 0) is 25.5 Å². The fourth-order valence-corrected chi connectivity index (χ4v) is 1.20. The van der Waals surface area contributed by atoms with Crippen LogP contribution in [0.15, 0.2) is 24.3 Å². The molecule has 0 fully saturated rings. The molecule has 3 heteroatoms. The van der Waals surface area contributed by atoms with E-state index in [2.05, 4.69) is 11.4 Å². The number of nitriles is 1. The van der Waals surface area contributed by atoms with Crippen LogP contribution in [0.4, 0.5) is 0 Å². The molecule has 1 rings (SSSR count). The van der Waals surface area contributed by atoms with E-state index in [4.69, 9.17) is 16.9 Å². The molecule has 0 aliphatic heterocycles. The zero-order valence-electron chi connectivity index (χ0n) is 8.34. The van der Waals surface area contributed by atoms with Crippen LogP contribution in [0.3, 0.4) is 0 Å². The summed E-state index contributed by atoms with van der Waals surface area (Å²) in [4.78, 5) is 0. The summed E-state index contributed by atoms with van der Waals surface area (Å²) in [7, 11) is 0. The van der Waals surface area contributed by atoms with Crippen molar-refractivity contribution in [3.05, 3.63) is 34.9 Å². The van der Waals surface area contributed by atoms with Gasteiger partial charge in [-0.25, -0.2) is 0 Å². The average Bonchev–Trinajstić information content (AvgIpc) is 2.17. The van der Waals surface area contributed by atoms with Gasteiger partial charge in [-0.1, -0.05) is 29.8 Å². The molecule has 0 aliphatic carbocycles. The SMILES string of the molecule is CC(C)(C#N)NCc1ccccc1Cl. The normalized spacial score (nSPS) is 11.0. The zero-order chi connectivity index (χ0) is 10.6. The molecule has 0 unspecified atom stereocenters. The summed E-state index contributed by atoms with van der Waals surface area (Å²) in [6, 6.07) is 9.79. The van der Waals surface area contributed by atoms with E-state index in [0.29, 0.717) is 6.54 Å². The molecule has 0 aliphatic rings. The quantitative estimate of drug-likeness (QED) is 0.829. The van der Waals surface area contributed by atoms with Crippen LogP contribution in [-0.4, -0.2) is 5.54 Å². The summed E-state index contributed by atoms with van der Waals surface area (Å²) in [5, 5.41) is 12.6. The predicted molar refractivity (Wildman–Crippen MR) is 58.0 cm³/mol. The fourth-order valence-electron chi connectivity index (χ4n) is 0.997. The number of hydrogen-bond donors (Lipinski definition) is 1. The smallest absolute Gasteiger partial charge is 0.101 e. The van der Waals surface area contributed by atoms with E-state index in [-0.39, 0.29) is 0 Å². The highest BCUT2D eigenvalue weighted by molar-refractivity contribution is 6.31. The van der Waals surface area contributed by atoms with Gasteiger partial charge < -0.3 is 0 Å². The van der Waals surface area contributed by atoms with Crippen molar-refractivity contribution in [1.82, 2.24) is 5.32 Å². The Morgan fingerprint density at radius 3 is 2.64 bits per heavy atom. The molecule has 1 N–H and O–H groups in total. The minimum atomic E-state index is -0.515. The van der Waals surface area contributed by atoms with Crippen molar-refractivity contribution >= 4 is 11.6 Å². The average molecular weight is 209 g/mol. The van der Waals surface area contributed by atoms with Crippen molar-refractivity contribution in [3.8, 4) is 6.07 Å². The van der Waals surface area contributed by atoms with Crippen molar-refractivity contribution in [2.24, 2.45) is 0 Å². The van der Waals surface area contributed by atoms with Crippen LogP contribution in [0.25, 0.3) is 0 Å². The van der Waals surface area contributed by atoms with Crippen LogP contribution in [0.2, 0.25) is 5.02 Å². The maximum absolute atomic E-state index is 8.80. The first-order valence-corrected chi connectivity index (χ1v) is 4.83. The lowest BCUT2D eigenvalue weighted by molar-refractivity contribution is 0.485. The molecule has 1 aromatic carbocycles. The van der Waals surface area contributed by atoms with E-state index >= 15 is 0 Å². The summed E-state index contributed by atoms with van der Waals surface area (Å²) in [5.41, 5.74) is 0.497. The molecular formula is C11H13ClN2. The Hall–Kier alpha value is -1.04. The third-order valence-corrected chi connectivity index (χ3v) is 2.33. The van der Waals surface area contributed by atoms with E-state index in [0.717, 1.165) is 10.6 Å². The Bertz CT molecular complexity index is 353. The van der Waals surface area contributed by atoms with Gasteiger partial charge in [0.25, 0.3) is 0 Å². The van der Waals surface area contributed by atoms with Crippen LogP contribution < -0.4 is 5.32 Å². The van der Waals surface area contributed by atoms with Gasteiger partial charge in [0.2, 0.25) is 0 Å². The van der Waals surface area contributed by atoms with Crippen LogP contribution in [0, 0.1) is 11.3 Å². The highest BCUT2D eigenvalue weighted by Crippen LogP contribution is 2.15. The Morgan fingerprint density at radius 1 is 1.43 bits per heavy atom. The molecule has 0 radical (unpaired) electrons. The second-order valence-electron chi connectivity index (χ2n) is 3.68. The van der Waals surface area contributed by atoms with Crippen molar-refractivity contribution in [3.63, 3.8) is 0 Å². The molecule has 0 bridgehead atoms. The van der Waals surface area contributed by atoms with Crippen molar-refractivity contribution in [2.45, 2.75) is 25.9 Å². The third-order valence-electron chi connectivity index (χ3n) is 1.96. The molecule has 0 amide bonds. The lowest BCUT2D eigenvalue weighted by Gasteiger charge is -2.17. The first-order valence-electron chi connectivity index (χ1n) is 4.45. The van der Waals surface area contributed by atoms with E-state index < -0.39 is 5.54 Å². The third kappa shape index (κ3) is 3.02. The summed E-state index contributed by atoms with van der Waals surface area (Å²) in [6.45, 7) is 4.29. The van der Waals surface area contributed by atoms with Gasteiger partial charge in [0.05, 0.1) is 6.07 Å². The second-order valence-corrected chi connectivity index (χ2v) is 4.09. The van der Waals surface area contributed by atoms with Crippen molar-refractivity contribution in [1.29, 1.82) is 5.26 Å². The summed E-state index contributed by atoms with van der Waals surface area (Å²) < 4.78 is 0. The highest BCUT2D eigenvalue weighted by atomic mass is 35.5. The Balaban J connectivity index is 2.64. The number of hydrogen-bond acceptors (Lipinski definition) is 2. The maximum atomic E-state index is 8.80. The first-order chi connectivity index (χ1) is 6.55. The van der Waals surface area contributed by atoms with E-state index in [1.807, 2.05) is 38.1 Å². The predicted octanol–water partition coefficient (Wildman–Crippen LogP) is 2.73. The highest BCUT2D eigenvalue weighted by Gasteiger charge is 2.15. The summed E-state index contributed by atoms with van der Waals surface area (Å²) >= 11 is 5.97. The second kappa shape index (κ2) is 4.45. The van der Waals surface area contributed by atoms with Gasteiger partial charge in [0.15, 0.2) is 0 Å². The van der Waals surface area contributed by atoms with Crippen molar-refractivity contribution < 1.29 is 0 Å². The number of nitrogens with zero attached hydrogens (tertiary/aromatic N) is 1. The summed E-state index contributed by atoms with van der Waals surface area (Å²) in [5.74, 6) is 0. The first kappa shape index (κ1) is 11.0. The molecule has 2 nitrogen and oxygen atoms in total.